The van der Waals surface area contributed by atoms with E-state index in [1.54, 1.807) is 0 Å². The van der Waals surface area contributed by atoms with Crippen molar-refractivity contribution in [2.75, 3.05) is 18.0 Å². The van der Waals surface area contributed by atoms with Crippen LogP contribution in [0.25, 0.3) is 0 Å². The average molecular weight is 351 g/mol. The minimum atomic E-state index is 0.213. The highest BCUT2D eigenvalue weighted by Gasteiger charge is 2.35. The number of nitrogens with zero attached hydrogens (tertiary/aromatic N) is 3. The number of fused-ring (bicyclic) bond motifs is 1. The minimum Gasteiger partial charge on any atom is -0.356 e. The van der Waals surface area contributed by atoms with Crippen molar-refractivity contribution >= 4 is 27.7 Å². The van der Waals surface area contributed by atoms with Crippen LogP contribution in [0.1, 0.15) is 43.8 Å². The summed E-state index contributed by atoms with van der Waals surface area (Å²) in [5.74, 6) is 3.35. The van der Waals surface area contributed by atoms with Crippen LogP contribution in [0.15, 0.2) is 10.7 Å². The van der Waals surface area contributed by atoms with Crippen molar-refractivity contribution in [1.29, 1.82) is 0 Å². The second kappa shape index (κ2) is 5.23. The fourth-order valence-corrected chi connectivity index (χ4v) is 3.81. The van der Waals surface area contributed by atoms with Crippen LogP contribution in [-0.4, -0.2) is 35.0 Å². The molecule has 1 N–H and O–H groups in total. The van der Waals surface area contributed by atoms with Crippen LogP contribution in [0.3, 0.4) is 0 Å². The van der Waals surface area contributed by atoms with Crippen LogP contribution in [-0.2, 0) is 4.79 Å². The smallest absolute Gasteiger partial charge is 0.220 e. The molecule has 2 aliphatic heterocycles. The SMILES string of the molecule is O=C1CCC2CN(c3cc(Br)nc(C4CC4)n3)CCC2N1. The van der Waals surface area contributed by atoms with Gasteiger partial charge in [0.25, 0.3) is 0 Å². The van der Waals surface area contributed by atoms with E-state index in [2.05, 4.69) is 31.1 Å². The van der Waals surface area contributed by atoms with E-state index in [-0.39, 0.29) is 5.91 Å². The fraction of sp³-hybridized carbons (Fsp3) is 0.667. The molecule has 3 fully saturated rings. The molecule has 2 unspecified atom stereocenters. The lowest BCUT2D eigenvalue weighted by atomic mass is 9.85. The van der Waals surface area contributed by atoms with Gasteiger partial charge in [0.15, 0.2) is 0 Å². The van der Waals surface area contributed by atoms with Gasteiger partial charge in [0, 0.05) is 37.5 Å². The van der Waals surface area contributed by atoms with Crippen LogP contribution in [0.4, 0.5) is 5.82 Å². The molecule has 1 amide bonds. The summed E-state index contributed by atoms with van der Waals surface area (Å²) in [7, 11) is 0. The Morgan fingerprint density at radius 2 is 2.10 bits per heavy atom. The summed E-state index contributed by atoms with van der Waals surface area (Å²) in [6, 6.07) is 2.38. The van der Waals surface area contributed by atoms with E-state index < -0.39 is 0 Å². The number of hydrogen-bond donors (Lipinski definition) is 1. The van der Waals surface area contributed by atoms with Crippen LogP contribution >= 0.6 is 15.9 Å². The maximum Gasteiger partial charge on any atom is 0.220 e. The lowest BCUT2D eigenvalue weighted by molar-refractivity contribution is -0.124. The first kappa shape index (κ1) is 13.5. The zero-order valence-electron chi connectivity index (χ0n) is 11.9. The molecule has 2 atom stereocenters. The number of nitrogens with one attached hydrogen (secondary N) is 1. The molecule has 5 nitrogen and oxygen atoms in total. The van der Waals surface area contributed by atoms with Gasteiger partial charge in [-0.2, -0.15) is 0 Å². The number of rotatable bonds is 2. The maximum atomic E-state index is 11.5. The molecule has 1 aromatic rings. The third-order valence-corrected chi connectivity index (χ3v) is 5.19. The number of carbonyl (C=O) groups is 1. The summed E-state index contributed by atoms with van der Waals surface area (Å²) >= 11 is 3.52. The van der Waals surface area contributed by atoms with E-state index in [0.29, 0.717) is 24.3 Å². The third kappa shape index (κ3) is 2.78. The zero-order valence-corrected chi connectivity index (χ0v) is 13.5. The molecule has 112 valence electrons. The van der Waals surface area contributed by atoms with Gasteiger partial charge in [0.2, 0.25) is 5.91 Å². The largest absolute Gasteiger partial charge is 0.356 e. The molecule has 0 aromatic carbocycles. The summed E-state index contributed by atoms with van der Waals surface area (Å²) in [6.45, 7) is 1.94. The topological polar surface area (TPSA) is 58.1 Å². The van der Waals surface area contributed by atoms with E-state index in [1.807, 2.05) is 6.07 Å². The highest BCUT2D eigenvalue weighted by Crippen LogP contribution is 2.39. The number of hydrogen-bond acceptors (Lipinski definition) is 4. The van der Waals surface area contributed by atoms with E-state index in [0.717, 1.165) is 42.2 Å². The molecule has 6 heteroatoms. The Balaban J connectivity index is 1.53. The second-order valence-corrected chi connectivity index (χ2v) is 7.20. The minimum absolute atomic E-state index is 0.213. The van der Waals surface area contributed by atoms with Crippen molar-refractivity contribution < 1.29 is 4.79 Å². The van der Waals surface area contributed by atoms with Crippen LogP contribution in [0.5, 0.6) is 0 Å². The van der Waals surface area contributed by atoms with Gasteiger partial charge >= 0.3 is 0 Å². The Morgan fingerprint density at radius 3 is 2.90 bits per heavy atom. The van der Waals surface area contributed by atoms with Crippen molar-refractivity contribution in [2.24, 2.45) is 5.92 Å². The molecular formula is C15H19BrN4O. The molecule has 0 radical (unpaired) electrons. The molecule has 0 bridgehead atoms. The van der Waals surface area contributed by atoms with Gasteiger partial charge in [-0.3, -0.25) is 4.79 Å². The third-order valence-electron chi connectivity index (χ3n) is 4.79. The average Bonchev–Trinajstić information content (AvgIpc) is 3.30. The molecule has 1 saturated carbocycles. The van der Waals surface area contributed by atoms with Gasteiger partial charge in [0.1, 0.15) is 16.2 Å². The van der Waals surface area contributed by atoms with E-state index >= 15 is 0 Å². The summed E-state index contributed by atoms with van der Waals surface area (Å²) in [4.78, 5) is 23.1. The number of amides is 1. The monoisotopic (exact) mass is 350 g/mol. The molecule has 2 saturated heterocycles. The number of aromatic nitrogens is 2. The predicted octanol–water partition coefficient (Wildman–Crippen LogP) is 2.22. The molecule has 1 aliphatic carbocycles. The highest BCUT2D eigenvalue weighted by atomic mass is 79.9. The van der Waals surface area contributed by atoms with E-state index in [4.69, 9.17) is 4.98 Å². The summed E-state index contributed by atoms with van der Waals surface area (Å²) < 4.78 is 0.883. The number of anilines is 1. The first-order chi connectivity index (χ1) is 10.2. The van der Waals surface area contributed by atoms with Crippen molar-refractivity contribution in [3.8, 4) is 0 Å². The first-order valence-electron chi connectivity index (χ1n) is 7.78. The number of halogens is 1. The summed E-state index contributed by atoms with van der Waals surface area (Å²) in [6.07, 6.45) is 5.10. The van der Waals surface area contributed by atoms with Crippen LogP contribution < -0.4 is 10.2 Å². The standard InChI is InChI=1S/C15H19BrN4O/c16-12-7-13(19-15(18-12)9-1-2-9)20-6-5-11-10(8-20)3-4-14(21)17-11/h7,9-11H,1-6,8H2,(H,17,21). The Kier molecular flexibility index (Phi) is 3.36. The Bertz CT molecular complexity index is 575. The Morgan fingerprint density at radius 1 is 1.24 bits per heavy atom. The summed E-state index contributed by atoms with van der Waals surface area (Å²) in [5, 5.41) is 3.13. The molecule has 4 rings (SSSR count). The Hall–Kier alpha value is -1.17. The lowest BCUT2D eigenvalue weighted by Gasteiger charge is -2.41. The maximum absolute atomic E-state index is 11.5. The number of carbonyl (C=O) groups excluding carboxylic acids is 1. The van der Waals surface area contributed by atoms with Gasteiger partial charge in [-0.15, -0.1) is 0 Å². The fourth-order valence-electron chi connectivity index (χ4n) is 3.43. The van der Waals surface area contributed by atoms with Gasteiger partial charge in [0.05, 0.1) is 0 Å². The van der Waals surface area contributed by atoms with Crippen molar-refractivity contribution in [1.82, 2.24) is 15.3 Å². The predicted molar refractivity (Wildman–Crippen MR) is 83.2 cm³/mol. The normalized spacial score (nSPS) is 29.0. The van der Waals surface area contributed by atoms with Crippen molar-refractivity contribution in [2.45, 2.75) is 44.1 Å². The van der Waals surface area contributed by atoms with Crippen LogP contribution in [0.2, 0.25) is 0 Å². The van der Waals surface area contributed by atoms with Gasteiger partial charge in [-0.25, -0.2) is 9.97 Å². The molecule has 3 heterocycles. The van der Waals surface area contributed by atoms with Gasteiger partial charge in [-0.05, 0) is 47.5 Å². The Labute approximate surface area is 132 Å². The first-order valence-corrected chi connectivity index (χ1v) is 8.57. The number of piperidine rings is 2. The second-order valence-electron chi connectivity index (χ2n) is 6.39. The summed E-state index contributed by atoms with van der Waals surface area (Å²) in [5.41, 5.74) is 0. The molecule has 3 aliphatic rings. The van der Waals surface area contributed by atoms with Crippen molar-refractivity contribution in [3.63, 3.8) is 0 Å². The van der Waals surface area contributed by atoms with E-state index in [9.17, 15) is 4.79 Å². The molecule has 0 spiro atoms. The van der Waals surface area contributed by atoms with Gasteiger partial charge < -0.3 is 10.2 Å². The van der Waals surface area contributed by atoms with Crippen LogP contribution in [0, 0.1) is 5.92 Å². The molecular weight excluding hydrogens is 332 g/mol. The highest BCUT2D eigenvalue weighted by molar-refractivity contribution is 9.10. The molecule has 21 heavy (non-hydrogen) atoms. The lowest BCUT2D eigenvalue weighted by Crippen LogP contribution is -2.54. The van der Waals surface area contributed by atoms with E-state index in [1.165, 1.54) is 12.8 Å². The quantitative estimate of drug-likeness (QED) is 0.831. The molecule has 1 aromatic heterocycles. The zero-order chi connectivity index (χ0) is 14.4. The van der Waals surface area contributed by atoms with Crippen molar-refractivity contribution in [3.05, 3.63) is 16.5 Å². The van der Waals surface area contributed by atoms with Gasteiger partial charge in [-0.1, -0.05) is 0 Å².